The van der Waals surface area contributed by atoms with E-state index in [4.69, 9.17) is 4.74 Å². The molecule has 2 rings (SSSR count). The summed E-state index contributed by atoms with van der Waals surface area (Å²) < 4.78 is 4.94. The fourth-order valence-electron chi connectivity index (χ4n) is 1.54. The number of esters is 1. The van der Waals surface area contributed by atoms with Gasteiger partial charge in [0.05, 0.1) is 0 Å². The maximum Gasteiger partial charge on any atom is 0.334 e. The highest BCUT2D eigenvalue weighted by molar-refractivity contribution is 5.91. The van der Waals surface area contributed by atoms with Crippen molar-refractivity contribution in [3.8, 4) is 0 Å². The Morgan fingerprint density at radius 2 is 2.00 bits per heavy atom. The van der Waals surface area contributed by atoms with Crippen molar-refractivity contribution in [1.29, 1.82) is 0 Å². The maximum atomic E-state index is 11.1. The van der Waals surface area contributed by atoms with Gasteiger partial charge in [0.2, 0.25) is 0 Å². The van der Waals surface area contributed by atoms with E-state index in [2.05, 4.69) is 12.1 Å². The normalized spacial score (nSPS) is 15.9. The van der Waals surface area contributed by atoms with Crippen LogP contribution in [0.3, 0.4) is 0 Å². The molecule has 0 aromatic heterocycles. The molecule has 1 heterocycles. The lowest BCUT2D eigenvalue weighted by Gasteiger charge is -2.00. The van der Waals surface area contributed by atoms with Crippen LogP contribution in [0.4, 0.5) is 0 Å². The van der Waals surface area contributed by atoms with Crippen LogP contribution < -0.4 is 0 Å². The minimum Gasteiger partial charge on any atom is -0.458 e. The Kier molecular flexibility index (Phi) is 2.35. The van der Waals surface area contributed by atoms with Crippen LogP contribution in [0.25, 0.3) is 0 Å². The molecule has 0 unspecified atom stereocenters. The number of rotatable bonds is 2. The van der Waals surface area contributed by atoms with Crippen molar-refractivity contribution >= 4 is 5.97 Å². The van der Waals surface area contributed by atoms with E-state index in [0.29, 0.717) is 6.61 Å². The van der Waals surface area contributed by atoms with Crippen LogP contribution >= 0.6 is 0 Å². The molecule has 72 valence electrons. The van der Waals surface area contributed by atoms with Gasteiger partial charge in [-0.1, -0.05) is 30.3 Å². The van der Waals surface area contributed by atoms with Crippen molar-refractivity contribution in [2.75, 3.05) is 6.61 Å². The third kappa shape index (κ3) is 1.69. The van der Waals surface area contributed by atoms with Crippen LogP contribution in [0.1, 0.15) is 12.5 Å². The summed E-state index contributed by atoms with van der Waals surface area (Å²) in [5, 5.41) is 0. The van der Waals surface area contributed by atoms with Gasteiger partial charge in [-0.15, -0.1) is 0 Å². The Hall–Kier alpha value is -1.57. The Bertz CT molecular complexity index is 377. The van der Waals surface area contributed by atoms with E-state index >= 15 is 0 Å². The van der Waals surface area contributed by atoms with E-state index in [-0.39, 0.29) is 5.97 Å². The lowest BCUT2D eigenvalue weighted by atomic mass is 10.0. The fraction of sp³-hybridized carbons (Fsp3) is 0.250. The first kappa shape index (κ1) is 9.00. The Morgan fingerprint density at radius 3 is 2.57 bits per heavy atom. The topological polar surface area (TPSA) is 26.3 Å². The lowest BCUT2D eigenvalue weighted by Crippen LogP contribution is -1.94. The quantitative estimate of drug-likeness (QED) is 0.664. The number of benzene rings is 1. The standard InChI is InChI=1S/C12H12O2/c1-9-11(8-14-12(9)13)7-10-5-3-2-4-6-10/h2-6H,7-8H2,1H3. The van der Waals surface area contributed by atoms with Crippen molar-refractivity contribution in [1.82, 2.24) is 0 Å². The number of hydrogen-bond acceptors (Lipinski definition) is 2. The van der Waals surface area contributed by atoms with Crippen molar-refractivity contribution in [2.24, 2.45) is 0 Å². The van der Waals surface area contributed by atoms with Gasteiger partial charge in [0, 0.05) is 5.57 Å². The summed E-state index contributed by atoms with van der Waals surface area (Å²) in [6, 6.07) is 10.1. The Balaban J connectivity index is 2.17. The summed E-state index contributed by atoms with van der Waals surface area (Å²) in [7, 11) is 0. The molecule has 2 nitrogen and oxygen atoms in total. The van der Waals surface area contributed by atoms with Crippen LogP contribution in [0.2, 0.25) is 0 Å². The summed E-state index contributed by atoms with van der Waals surface area (Å²) >= 11 is 0. The number of hydrogen-bond donors (Lipinski definition) is 0. The van der Waals surface area contributed by atoms with Crippen LogP contribution in [0, 0.1) is 0 Å². The first-order valence-corrected chi connectivity index (χ1v) is 4.67. The molecular weight excluding hydrogens is 176 g/mol. The van der Waals surface area contributed by atoms with Crippen molar-refractivity contribution in [3.05, 3.63) is 47.0 Å². The van der Waals surface area contributed by atoms with Crippen LogP contribution in [0.15, 0.2) is 41.5 Å². The van der Waals surface area contributed by atoms with E-state index in [9.17, 15) is 4.79 Å². The maximum absolute atomic E-state index is 11.1. The van der Waals surface area contributed by atoms with Gasteiger partial charge in [-0.05, 0) is 24.5 Å². The smallest absolute Gasteiger partial charge is 0.334 e. The zero-order valence-electron chi connectivity index (χ0n) is 8.12. The average molecular weight is 188 g/mol. The van der Waals surface area contributed by atoms with Gasteiger partial charge in [0.25, 0.3) is 0 Å². The molecule has 1 aromatic rings. The van der Waals surface area contributed by atoms with Crippen molar-refractivity contribution < 1.29 is 9.53 Å². The minimum absolute atomic E-state index is 0.170. The van der Waals surface area contributed by atoms with Gasteiger partial charge >= 0.3 is 5.97 Å². The van der Waals surface area contributed by atoms with Gasteiger partial charge in [-0.2, -0.15) is 0 Å². The second-order valence-corrected chi connectivity index (χ2v) is 3.47. The molecule has 0 atom stereocenters. The van der Waals surface area contributed by atoms with Crippen molar-refractivity contribution in [3.63, 3.8) is 0 Å². The molecule has 1 aromatic carbocycles. The highest BCUT2D eigenvalue weighted by Crippen LogP contribution is 2.19. The monoisotopic (exact) mass is 188 g/mol. The number of ether oxygens (including phenoxy) is 1. The molecular formula is C12H12O2. The number of carbonyl (C=O) groups excluding carboxylic acids is 1. The van der Waals surface area contributed by atoms with Gasteiger partial charge in [-0.25, -0.2) is 4.79 Å². The largest absolute Gasteiger partial charge is 0.458 e. The highest BCUT2D eigenvalue weighted by atomic mass is 16.5. The molecule has 0 saturated heterocycles. The molecule has 2 heteroatoms. The Morgan fingerprint density at radius 1 is 1.29 bits per heavy atom. The minimum atomic E-state index is -0.170. The SMILES string of the molecule is CC1=C(Cc2ccccc2)COC1=O. The zero-order chi connectivity index (χ0) is 9.97. The van der Waals surface area contributed by atoms with E-state index in [1.165, 1.54) is 5.56 Å². The Labute approximate surface area is 83.2 Å². The number of cyclic esters (lactones) is 1. The molecule has 14 heavy (non-hydrogen) atoms. The third-order valence-corrected chi connectivity index (χ3v) is 2.47. The summed E-state index contributed by atoms with van der Waals surface area (Å²) in [5.41, 5.74) is 3.09. The van der Waals surface area contributed by atoms with Gasteiger partial charge in [0.15, 0.2) is 0 Å². The molecule has 0 N–H and O–H groups in total. The molecule has 0 spiro atoms. The predicted octanol–water partition coefficient (Wildman–Crippen LogP) is 2.10. The predicted molar refractivity (Wildman–Crippen MR) is 53.8 cm³/mol. The van der Waals surface area contributed by atoms with Crippen molar-refractivity contribution in [2.45, 2.75) is 13.3 Å². The van der Waals surface area contributed by atoms with Gasteiger partial charge < -0.3 is 4.74 Å². The first-order valence-electron chi connectivity index (χ1n) is 4.67. The van der Waals surface area contributed by atoms with Crippen LogP contribution in [0.5, 0.6) is 0 Å². The van der Waals surface area contributed by atoms with E-state index < -0.39 is 0 Å². The molecule has 0 radical (unpaired) electrons. The third-order valence-electron chi connectivity index (χ3n) is 2.47. The second-order valence-electron chi connectivity index (χ2n) is 3.47. The molecule has 0 fully saturated rings. The van der Waals surface area contributed by atoms with Gasteiger partial charge in [0.1, 0.15) is 6.61 Å². The average Bonchev–Trinajstić information content (AvgIpc) is 2.52. The molecule has 1 aliphatic rings. The molecule has 0 amide bonds. The molecule has 0 bridgehead atoms. The van der Waals surface area contributed by atoms with Crippen LogP contribution in [-0.2, 0) is 16.0 Å². The zero-order valence-corrected chi connectivity index (χ0v) is 8.12. The summed E-state index contributed by atoms with van der Waals surface area (Å²) in [6.07, 6.45) is 0.818. The summed E-state index contributed by atoms with van der Waals surface area (Å²) in [5.74, 6) is -0.170. The van der Waals surface area contributed by atoms with E-state index in [0.717, 1.165) is 17.6 Å². The number of carbonyl (C=O) groups is 1. The summed E-state index contributed by atoms with van der Waals surface area (Å²) in [4.78, 5) is 11.1. The fourth-order valence-corrected chi connectivity index (χ4v) is 1.54. The molecule has 0 saturated carbocycles. The first-order chi connectivity index (χ1) is 6.77. The summed E-state index contributed by atoms with van der Waals surface area (Å²) in [6.45, 7) is 2.28. The molecule has 1 aliphatic heterocycles. The van der Waals surface area contributed by atoms with Crippen LogP contribution in [-0.4, -0.2) is 12.6 Å². The van der Waals surface area contributed by atoms with E-state index in [1.54, 1.807) is 0 Å². The van der Waals surface area contributed by atoms with Gasteiger partial charge in [-0.3, -0.25) is 0 Å². The van der Waals surface area contributed by atoms with E-state index in [1.807, 2.05) is 25.1 Å². The highest BCUT2D eigenvalue weighted by Gasteiger charge is 2.20. The lowest BCUT2D eigenvalue weighted by molar-refractivity contribution is -0.135. The molecule has 0 aliphatic carbocycles. The second kappa shape index (κ2) is 3.66.